The van der Waals surface area contributed by atoms with Gasteiger partial charge in [0.25, 0.3) is 0 Å². The van der Waals surface area contributed by atoms with Crippen LogP contribution in [0.4, 0.5) is 0 Å². The Kier molecular flexibility index (Phi) is 8.98. The average Bonchev–Trinajstić information content (AvgIpc) is 2.47. The van der Waals surface area contributed by atoms with Gasteiger partial charge in [-0.15, -0.1) is 0 Å². The number of nitrogens with two attached hydrogens (primary N) is 1. The first-order chi connectivity index (χ1) is 11.0. The van der Waals surface area contributed by atoms with Crippen LogP contribution in [0.25, 0.3) is 0 Å². The molecule has 0 unspecified atom stereocenters. The minimum absolute atomic E-state index is 0.0929. The highest BCUT2D eigenvalue weighted by atomic mass is 32.2. The molecule has 0 aromatic rings. The first kappa shape index (κ1) is 22.4. The summed E-state index contributed by atoms with van der Waals surface area (Å²) in [5, 5.41) is 4.27. The van der Waals surface area contributed by atoms with Crippen LogP contribution in [0, 0.1) is 5.92 Å². The van der Waals surface area contributed by atoms with Gasteiger partial charge in [-0.2, -0.15) is 0 Å². The molecule has 2 amide bonds. The molecule has 4 N–H and O–H groups in total. The van der Waals surface area contributed by atoms with Crippen molar-refractivity contribution in [3.63, 3.8) is 0 Å². The topological polar surface area (TPSA) is 128 Å². The van der Waals surface area contributed by atoms with Crippen LogP contribution in [0.5, 0.6) is 0 Å². The summed E-state index contributed by atoms with van der Waals surface area (Å²) >= 11 is 0.918. The van der Waals surface area contributed by atoms with Crippen molar-refractivity contribution in [2.45, 2.75) is 51.4 Å². The molecule has 0 heterocycles. The van der Waals surface area contributed by atoms with Crippen LogP contribution in [0.15, 0.2) is 0 Å². The Morgan fingerprint density at radius 2 is 1.75 bits per heavy atom. The summed E-state index contributed by atoms with van der Waals surface area (Å²) in [5.74, 6) is -1.76. The number of carbonyl (C=O) groups excluding carboxylic acids is 4. The Labute approximate surface area is 146 Å². The molecule has 0 rings (SSSR count). The molecular formula is C15H27N3O5S. The van der Waals surface area contributed by atoms with E-state index in [0.29, 0.717) is 0 Å². The maximum atomic E-state index is 12.4. The molecule has 138 valence electrons. The molecule has 0 saturated heterocycles. The van der Waals surface area contributed by atoms with Crippen molar-refractivity contribution in [3.8, 4) is 0 Å². The second-order valence-corrected chi connectivity index (χ2v) is 7.49. The maximum absolute atomic E-state index is 12.4. The fraction of sp³-hybridized carbons (Fsp3) is 0.733. The van der Waals surface area contributed by atoms with Crippen LogP contribution in [0.1, 0.15) is 34.6 Å². The fourth-order valence-corrected chi connectivity index (χ4v) is 2.60. The van der Waals surface area contributed by atoms with Gasteiger partial charge in [0.05, 0.1) is 12.4 Å². The first-order valence-electron chi connectivity index (χ1n) is 7.54. The molecule has 0 radical (unpaired) electrons. The molecular weight excluding hydrogens is 334 g/mol. The summed E-state index contributed by atoms with van der Waals surface area (Å²) in [5.41, 5.74) is 4.15. The van der Waals surface area contributed by atoms with Crippen molar-refractivity contribution in [1.29, 1.82) is 0 Å². The van der Waals surface area contributed by atoms with Gasteiger partial charge >= 0.3 is 5.97 Å². The third-order valence-corrected chi connectivity index (χ3v) is 4.53. The molecule has 0 aromatic heterocycles. The lowest BCUT2D eigenvalue weighted by Gasteiger charge is -2.29. The van der Waals surface area contributed by atoms with Crippen LogP contribution in [-0.2, 0) is 23.9 Å². The third kappa shape index (κ3) is 6.88. The molecule has 2 atom stereocenters. The van der Waals surface area contributed by atoms with Crippen molar-refractivity contribution >= 4 is 34.7 Å². The predicted octanol–water partition coefficient (Wildman–Crippen LogP) is -0.198. The zero-order chi connectivity index (χ0) is 19.1. The Morgan fingerprint density at radius 3 is 2.12 bits per heavy atom. The zero-order valence-electron chi connectivity index (χ0n) is 15.0. The summed E-state index contributed by atoms with van der Waals surface area (Å²) in [6.07, 6.45) is 0. The Balaban J connectivity index is 5.03. The number of hydrogen-bond acceptors (Lipinski definition) is 7. The number of carbonyl (C=O) groups is 4. The van der Waals surface area contributed by atoms with Crippen LogP contribution in [0.2, 0.25) is 0 Å². The maximum Gasteiger partial charge on any atom is 0.329 e. The quantitative estimate of drug-likeness (QED) is 0.511. The average molecular weight is 361 g/mol. The molecule has 9 heteroatoms. The SMILES string of the molecule is COC(=O)[C@H](CN)NC(=O)C(C)(C)NC(=O)[C@@H](SC(C)=O)C(C)C. The highest BCUT2D eigenvalue weighted by Crippen LogP contribution is 2.21. The minimum atomic E-state index is -1.29. The van der Waals surface area contributed by atoms with E-state index in [-0.39, 0.29) is 17.6 Å². The summed E-state index contributed by atoms with van der Waals surface area (Å²) in [6.45, 7) is 7.89. The van der Waals surface area contributed by atoms with E-state index >= 15 is 0 Å². The largest absolute Gasteiger partial charge is 0.467 e. The van der Waals surface area contributed by atoms with Crippen molar-refractivity contribution < 1.29 is 23.9 Å². The summed E-state index contributed by atoms with van der Waals surface area (Å²) in [7, 11) is 1.19. The van der Waals surface area contributed by atoms with Gasteiger partial charge in [-0.05, 0) is 19.8 Å². The monoisotopic (exact) mass is 361 g/mol. The van der Waals surface area contributed by atoms with Crippen LogP contribution >= 0.6 is 11.8 Å². The van der Waals surface area contributed by atoms with Crippen molar-refractivity contribution in [3.05, 3.63) is 0 Å². The number of methoxy groups -OCH3 is 1. The lowest BCUT2D eigenvalue weighted by molar-refractivity contribution is -0.145. The molecule has 0 fully saturated rings. The predicted molar refractivity (Wildman–Crippen MR) is 92.1 cm³/mol. The van der Waals surface area contributed by atoms with Gasteiger partial charge in [0, 0.05) is 13.5 Å². The van der Waals surface area contributed by atoms with Crippen LogP contribution in [-0.4, -0.2) is 53.4 Å². The van der Waals surface area contributed by atoms with Crippen molar-refractivity contribution in [1.82, 2.24) is 10.6 Å². The molecule has 0 aromatic carbocycles. The number of ether oxygens (including phenoxy) is 1. The van der Waals surface area contributed by atoms with Gasteiger partial charge in [-0.25, -0.2) is 4.79 Å². The van der Waals surface area contributed by atoms with E-state index in [0.717, 1.165) is 11.8 Å². The lowest BCUT2D eigenvalue weighted by atomic mass is 10.0. The number of rotatable bonds is 8. The fourth-order valence-electron chi connectivity index (χ4n) is 1.80. The molecule has 0 aliphatic heterocycles. The number of thioether (sulfide) groups is 1. The number of hydrogen-bond donors (Lipinski definition) is 3. The molecule has 8 nitrogen and oxygen atoms in total. The molecule has 0 bridgehead atoms. The Morgan fingerprint density at radius 1 is 1.21 bits per heavy atom. The number of nitrogens with one attached hydrogen (secondary N) is 2. The second kappa shape index (κ2) is 9.63. The van der Waals surface area contributed by atoms with Gasteiger partial charge < -0.3 is 21.1 Å². The number of esters is 1. The smallest absolute Gasteiger partial charge is 0.329 e. The molecule has 24 heavy (non-hydrogen) atoms. The summed E-state index contributed by atoms with van der Waals surface area (Å²) in [6, 6.07) is -0.994. The molecule has 0 saturated carbocycles. The number of amides is 2. The Bertz CT molecular complexity index is 494. The van der Waals surface area contributed by atoms with E-state index in [4.69, 9.17) is 5.73 Å². The van der Waals surface area contributed by atoms with Gasteiger partial charge in [0.2, 0.25) is 11.8 Å². The van der Waals surface area contributed by atoms with Gasteiger partial charge in [0.15, 0.2) is 5.12 Å². The van der Waals surface area contributed by atoms with E-state index in [9.17, 15) is 19.2 Å². The van der Waals surface area contributed by atoms with E-state index in [2.05, 4.69) is 15.4 Å². The van der Waals surface area contributed by atoms with Crippen molar-refractivity contribution in [2.24, 2.45) is 11.7 Å². The third-order valence-electron chi connectivity index (χ3n) is 3.19. The second-order valence-electron chi connectivity index (χ2n) is 6.17. The minimum Gasteiger partial charge on any atom is -0.467 e. The van der Waals surface area contributed by atoms with E-state index in [1.165, 1.54) is 27.9 Å². The highest BCUT2D eigenvalue weighted by Gasteiger charge is 2.35. The van der Waals surface area contributed by atoms with E-state index in [1.54, 1.807) is 0 Å². The van der Waals surface area contributed by atoms with Crippen molar-refractivity contribution in [2.75, 3.05) is 13.7 Å². The Hall–Kier alpha value is -1.61. The molecule has 0 spiro atoms. The molecule has 0 aliphatic rings. The highest BCUT2D eigenvalue weighted by molar-refractivity contribution is 8.14. The standard InChI is InChI=1S/C15H27N3O5S/c1-8(2)11(24-9(3)19)12(20)18-15(4,5)14(22)17-10(7-16)13(21)23-6/h8,10-11H,7,16H2,1-6H3,(H,17,22)(H,18,20)/t10-,11-/m0/s1. The van der Waals surface area contributed by atoms with Crippen LogP contribution < -0.4 is 16.4 Å². The van der Waals surface area contributed by atoms with Gasteiger partial charge in [-0.1, -0.05) is 25.6 Å². The normalized spacial score (nSPS) is 13.8. The first-order valence-corrected chi connectivity index (χ1v) is 8.42. The van der Waals surface area contributed by atoms with E-state index in [1.807, 2.05) is 13.8 Å². The van der Waals surface area contributed by atoms with Crippen LogP contribution in [0.3, 0.4) is 0 Å². The van der Waals surface area contributed by atoms with Gasteiger partial charge in [0.1, 0.15) is 11.6 Å². The van der Waals surface area contributed by atoms with E-state index < -0.39 is 34.6 Å². The van der Waals surface area contributed by atoms with Gasteiger partial charge in [-0.3, -0.25) is 14.4 Å². The summed E-state index contributed by atoms with van der Waals surface area (Å²) < 4.78 is 4.55. The zero-order valence-corrected chi connectivity index (χ0v) is 15.8. The lowest BCUT2D eigenvalue weighted by Crippen LogP contribution is -2.60. The molecule has 0 aliphatic carbocycles. The summed E-state index contributed by atoms with van der Waals surface area (Å²) in [4.78, 5) is 47.5.